The number of hydrogen-bond donors (Lipinski definition) is 1. The standard InChI is InChI=1S/C15H21NO6S/c1-6(2)22-9(18)5-23-13-7(3)11-10(8(4)17)14(19)16(11)12(13)15(20)21/h6-8,10-11,17H,5H2,1-4H3,(H,20,21)/p-1/t7-,8-,10-,11-/m1/s1. The number of β-lactam (4-membered cyclic amide) rings is 1. The molecule has 2 aliphatic rings. The Labute approximate surface area is 138 Å². The van der Waals surface area contributed by atoms with Crippen molar-refractivity contribution in [1.82, 2.24) is 4.90 Å². The summed E-state index contributed by atoms with van der Waals surface area (Å²) in [6, 6.07) is -0.404. The first kappa shape index (κ1) is 17.8. The Morgan fingerprint density at radius 1 is 1.39 bits per heavy atom. The molecule has 128 valence electrons. The molecule has 1 N–H and O–H groups in total. The number of rotatable bonds is 6. The van der Waals surface area contributed by atoms with Crippen LogP contribution in [0.15, 0.2) is 10.6 Å². The van der Waals surface area contributed by atoms with Crippen LogP contribution in [0.5, 0.6) is 0 Å². The van der Waals surface area contributed by atoms with Crippen LogP contribution in [0.2, 0.25) is 0 Å². The number of carboxylic acids is 1. The zero-order chi connectivity index (χ0) is 17.5. The zero-order valence-electron chi connectivity index (χ0n) is 13.4. The number of ether oxygens (including phenoxy) is 1. The first-order valence-corrected chi connectivity index (χ1v) is 8.44. The van der Waals surface area contributed by atoms with Crippen molar-refractivity contribution in [1.29, 1.82) is 0 Å². The van der Waals surface area contributed by atoms with Crippen LogP contribution in [-0.2, 0) is 19.1 Å². The Balaban J connectivity index is 2.19. The third-order valence-corrected chi connectivity index (χ3v) is 5.27. The van der Waals surface area contributed by atoms with Gasteiger partial charge < -0.3 is 24.6 Å². The number of nitrogens with zero attached hydrogens (tertiary/aromatic N) is 1. The molecule has 0 aromatic heterocycles. The van der Waals surface area contributed by atoms with E-state index in [2.05, 4.69) is 0 Å². The third-order valence-electron chi connectivity index (χ3n) is 4.01. The van der Waals surface area contributed by atoms with Crippen LogP contribution in [0, 0.1) is 11.8 Å². The van der Waals surface area contributed by atoms with Crippen molar-refractivity contribution < 1.29 is 29.3 Å². The van der Waals surface area contributed by atoms with Gasteiger partial charge >= 0.3 is 5.97 Å². The van der Waals surface area contributed by atoms with E-state index in [9.17, 15) is 24.6 Å². The van der Waals surface area contributed by atoms with Crippen LogP contribution >= 0.6 is 11.8 Å². The summed E-state index contributed by atoms with van der Waals surface area (Å²) in [5, 5.41) is 21.2. The van der Waals surface area contributed by atoms with Gasteiger partial charge in [0.1, 0.15) is 0 Å². The minimum atomic E-state index is -1.45. The van der Waals surface area contributed by atoms with Gasteiger partial charge in [-0.1, -0.05) is 6.92 Å². The van der Waals surface area contributed by atoms with E-state index >= 15 is 0 Å². The highest BCUT2D eigenvalue weighted by Crippen LogP contribution is 2.50. The quantitative estimate of drug-likeness (QED) is 0.512. The van der Waals surface area contributed by atoms with Gasteiger partial charge in [-0.2, -0.15) is 0 Å². The lowest BCUT2D eigenvalue weighted by Crippen LogP contribution is -2.64. The van der Waals surface area contributed by atoms with Crippen molar-refractivity contribution in [2.24, 2.45) is 11.8 Å². The van der Waals surface area contributed by atoms with Gasteiger partial charge in [0.25, 0.3) is 0 Å². The molecule has 7 nitrogen and oxygen atoms in total. The molecule has 0 bridgehead atoms. The topological polar surface area (TPSA) is 107 Å². The summed E-state index contributed by atoms with van der Waals surface area (Å²) in [5.41, 5.74) is -0.188. The lowest BCUT2D eigenvalue weighted by Gasteiger charge is -2.47. The van der Waals surface area contributed by atoms with Crippen molar-refractivity contribution in [2.75, 3.05) is 5.75 Å². The van der Waals surface area contributed by atoms with Gasteiger partial charge in [0.05, 0.1) is 41.6 Å². The second kappa shape index (κ2) is 6.52. The van der Waals surface area contributed by atoms with E-state index in [-0.39, 0.29) is 23.5 Å². The van der Waals surface area contributed by atoms with Crippen LogP contribution in [0.25, 0.3) is 0 Å². The Kier molecular flexibility index (Phi) is 5.05. The number of fused-ring (bicyclic) bond motifs is 1. The van der Waals surface area contributed by atoms with Crippen molar-refractivity contribution in [3.05, 3.63) is 10.6 Å². The highest BCUT2D eigenvalue weighted by atomic mass is 32.2. The lowest BCUT2D eigenvalue weighted by molar-refractivity contribution is -0.301. The summed E-state index contributed by atoms with van der Waals surface area (Å²) >= 11 is 1.05. The van der Waals surface area contributed by atoms with Gasteiger partial charge in [0.15, 0.2) is 0 Å². The maximum atomic E-state index is 12.1. The Morgan fingerprint density at radius 2 is 2.00 bits per heavy atom. The normalized spacial score (nSPS) is 27.8. The number of hydrogen-bond acceptors (Lipinski definition) is 7. The second-order valence-electron chi connectivity index (χ2n) is 6.08. The van der Waals surface area contributed by atoms with Gasteiger partial charge in [-0.25, -0.2) is 0 Å². The Bertz CT molecular complexity index is 570. The first-order chi connectivity index (χ1) is 10.7. The van der Waals surface area contributed by atoms with Crippen LogP contribution in [0.3, 0.4) is 0 Å². The summed E-state index contributed by atoms with van der Waals surface area (Å²) < 4.78 is 5.02. The van der Waals surface area contributed by atoms with Crippen molar-refractivity contribution in [2.45, 2.75) is 45.9 Å². The van der Waals surface area contributed by atoms with Gasteiger partial charge in [-0.05, 0) is 20.8 Å². The van der Waals surface area contributed by atoms with Crippen LogP contribution < -0.4 is 5.11 Å². The van der Waals surface area contributed by atoms with E-state index in [1.165, 1.54) is 11.8 Å². The molecule has 1 amide bonds. The molecule has 8 heteroatoms. The number of amides is 1. The molecule has 4 atom stereocenters. The molecule has 0 aliphatic carbocycles. The summed E-state index contributed by atoms with van der Waals surface area (Å²) in [7, 11) is 0. The predicted octanol–water partition coefficient (Wildman–Crippen LogP) is -0.510. The average molecular weight is 342 g/mol. The van der Waals surface area contributed by atoms with Crippen molar-refractivity contribution in [3.8, 4) is 0 Å². The molecule has 0 unspecified atom stereocenters. The molecule has 2 heterocycles. The highest BCUT2D eigenvalue weighted by molar-refractivity contribution is 8.03. The summed E-state index contributed by atoms with van der Waals surface area (Å²) in [5.74, 6) is -3.26. The fraction of sp³-hybridized carbons (Fsp3) is 0.667. The minimum Gasteiger partial charge on any atom is -0.543 e. The number of aliphatic hydroxyl groups excluding tert-OH is 1. The fourth-order valence-electron chi connectivity index (χ4n) is 3.14. The van der Waals surface area contributed by atoms with E-state index in [0.717, 1.165) is 11.8 Å². The lowest BCUT2D eigenvalue weighted by atomic mass is 9.79. The smallest absolute Gasteiger partial charge is 0.316 e. The molecule has 1 saturated heterocycles. The third kappa shape index (κ3) is 3.10. The number of thioether (sulfide) groups is 1. The minimum absolute atomic E-state index is 0.0390. The Morgan fingerprint density at radius 3 is 2.48 bits per heavy atom. The van der Waals surface area contributed by atoms with Gasteiger partial charge in [0.2, 0.25) is 5.91 Å². The number of carbonyl (C=O) groups excluding carboxylic acids is 3. The van der Waals surface area contributed by atoms with E-state index in [1.54, 1.807) is 20.8 Å². The van der Waals surface area contributed by atoms with Crippen LogP contribution in [-0.4, -0.2) is 51.9 Å². The van der Waals surface area contributed by atoms with Crippen LogP contribution in [0.1, 0.15) is 27.7 Å². The fourth-order valence-corrected chi connectivity index (χ4v) is 4.20. The number of carbonyl (C=O) groups is 3. The van der Waals surface area contributed by atoms with Crippen molar-refractivity contribution >= 4 is 29.6 Å². The number of aliphatic carboxylic acids is 1. The van der Waals surface area contributed by atoms with Crippen LogP contribution in [0.4, 0.5) is 0 Å². The number of esters is 1. The summed E-state index contributed by atoms with van der Waals surface area (Å²) in [6.07, 6.45) is -1.11. The highest BCUT2D eigenvalue weighted by Gasteiger charge is 2.58. The predicted molar refractivity (Wildman–Crippen MR) is 80.7 cm³/mol. The van der Waals surface area contributed by atoms with E-state index in [1.807, 2.05) is 0 Å². The molecule has 0 saturated carbocycles. The molecule has 0 radical (unpaired) electrons. The first-order valence-electron chi connectivity index (χ1n) is 7.45. The SMILES string of the molecule is CC(C)OC(=O)CSC1=C(C(=O)[O-])N2C(=O)[C@H]([C@@H](C)O)[C@H]2[C@H]1C. The maximum absolute atomic E-state index is 12.1. The van der Waals surface area contributed by atoms with E-state index in [0.29, 0.717) is 4.91 Å². The second-order valence-corrected chi connectivity index (χ2v) is 7.10. The monoisotopic (exact) mass is 342 g/mol. The molecule has 2 rings (SSSR count). The molecule has 0 aromatic rings. The Hall–Kier alpha value is -1.54. The van der Waals surface area contributed by atoms with E-state index in [4.69, 9.17) is 4.74 Å². The molecule has 2 aliphatic heterocycles. The zero-order valence-corrected chi connectivity index (χ0v) is 14.3. The number of carboxylic acid groups (broad SMARTS) is 1. The van der Waals surface area contributed by atoms with Gasteiger partial charge in [0, 0.05) is 10.8 Å². The molecular formula is C15H20NO6S-. The maximum Gasteiger partial charge on any atom is 0.316 e. The van der Waals surface area contributed by atoms with Gasteiger partial charge in [-0.3, -0.25) is 9.59 Å². The van der Waals surface area contributed by atoms with Crippen molar-refractivity contribution in [3.63, 3.8) is 0 Å². The largest absolute Gasteiger partial charge is 0.543 e. The van der Waals surface area contributed by atoms with Gasteiger partial charge in [-0.15, -0.1) is 11.8 Å². The molecule has 0 spiro atoms. The number of aliphatic hydroxyl groups is 1. The summed E-state index contributed by atoms with van der Waals surface area (Å²) in [6.45, 7) is 6.75. The molecule has 0 aromatic carbocycles. The molecular weight excluding hydrogens is 322 g/mol. The summed E-state index contributed by atoms with van der Waals surface area (Å²) in [4.78, 5) is 36.8. The average Bonchev–Trinajstić information content (AvgIpc) is 2.65. The van der Waals surface area contributed by atoms with E-state index < -0.39 is 35.9 Å². The molecule has 1 fully saturated rings. The molecule has 23 heavy (non-hydrogen) atoms.